The summed E-state index contributed by atoms with van der Waals surface area (Å²) in [5, 5.41) is 3.32. The number of ether oxygens (including phenoxy) is 1. The molecular formula is C11H17NO2. The van der Waals surface area contributed by atoms with E-state index in [1.54, 1.807) is 13.0 Å². The van der Waals surface area contributed by atoms with Crippen molar-refractivity contribution in [1.29, 1.82) is 0 Å². The third kappa shape index (κ3) is 4.23. The summed E-state index contributed by atoms with van der Waals surface area (Å²) in [6.07, 6.45) is 9.80. The lowest BCUT2D eigenvalue weighted by Gasteiger charge is -2.08. The van der Waals surface area contributed by atoms with Gasteiger partial charge in [-0.1, -0.05) is 18.2 Å². The summed E-state index contributed by atoms with van der Waals surface area (Å²) < 4.78 is 4.75. The summed E-state index contributed by atoms with van der Waals surface area (Å²) in [6.45, 7) is 2.96. The zero-order chi connectivity index (χ0) is 10.2. The third-order valence-corrected chi connectivity index (χ3v) is 2.07. The fraction of sp³-hybridized carbons (Fsp3) is 0.545. The fourth-order valence-electron chi connectivity index (χ4n) is 1.36. The van der Waals surface area contributed by atoms with Crippen LogP contribution in [-0.4, -0.2) is 25.2 Å². The van der Waals surface area contributed by atoms with E-state index in [0.717, 1.165) is 19.4 Å². The molecule has 0 unspecified atom stereocenters. The van der Waals surface area contributed by atoms with Crippen LogP contribution in [0, 0.1) is 0 Å². The van der Waals surface area contributed by atoms with Gasteiger partial charge in [0.05, 0.1) is 6.61 Å². The molecule has 0 radical (unpaired) electrons. The summed E-state index contributed by atoms with van der Waals surface area (Å²) in [7, 11) is 0. The molecule has 3 heteroatoms. The van der Waals surface area contributed by atoms with E-state index in [1.807, 2.05) is 0 Å². The molecule has 78 valence electrons. The Balaban J connectivity index is 2.05. The molecule has 0 aromatic rings. The topological polar surface area (TPSA) is 38.3 Å². The van der Waals surface area contributed by atoms with Crippen molar-refractivity contribution in [3.8, 4) is 0 Å². The average Bonchev–Trinajstić information content (AvgIpc) is 2.65. The first-order chi connectivity index (χ1) is 6.83. The first-order valence-corrected chi connectivity index (χ1v) is 5.04. The first kappa shape index (κ1) is 11.0. The number of hydrogen-bond donors (Lipinski definition) is 1. The Labute approximate surface area is 84.8 Å². The van der Waals surface area contributed by atoms with Crippen molar-refractivity contribution in [2.75, 3.05) is 13.2 Å². The number of esters is 1. The number of carbonyl (C=O) groups excluding carboxylic acids is 1. The van der Waals surface area contributed by atoms with Crippen LogP contribution < -0.4 is 5.32 Å². The highest BCUT2D eigenvalue weighted by Gasteiger charge is 2.06. The SMILES string of the molecule is CCOC(=O)/C=C/CNC1CC=CC1. The van der Waals surface area contributed by atoms with Crippen molar-refractivity contribution < 1.29 is 9.53 Å². The number of nitrogens with one attached hydrogen (secondary N) is 1. The fourth-order valence-corrected chi connectivity index (χ4v) is 1.36. The largest absolute Gasteiger partial charge is 0.463 e. The number of carbonyl (C=O) groups is 1. The van der Waals surface area contributed by atoms with E-state index in [0.29, 0.717) is 12.6 Å². The normalized spacial score (nSPS) is 16.6. The summed E-state index contributed by atoms with van der Waals surface area (Å²) in [6, 6.07) is 0.543. The molecule has 0 saturated heterocycles. The standard InChI is InChI=1S/C11H17NO2/c1-2-14-11(13)8-5-9-12-10-6-3-4-7-10/h3-5,8,10,12H,2,6-7,9H2,1H3/b8-5+. The number of rotatable bonds is 5. The molecule has 0 fully saturated rings. The zero-order valence-electron chi connectivity index (χ0n) is 8.53. The maximum Gasteiger partial charge on any atom is 0.330 e. The van der Waals surface area contributed by atoms with E-state index in [-0.39, 0.29) is 5.97 Å². The predicted octanol–water partition coefficient (Wildman–Crippen LogP) is 1.41. The van der Waals surface area contributed by atoms with Gasteiger partial charge in [-0.25, -0.2) is 4.79 Å². The lowest BCUT2D eigenvalue weighted by atomic mass is 10.2. The van der Waals surface area contributed by atoms with Crippen LogP contribution in [0.5, 0.6) is 0 Å². The van der Waals surface area contributed by atoms with Crippen molar-refractivity contribution in [2.24, 2.45) is 0 Å². The molecule has 0 amide bonds. The van der Waals surface area contributed by atoms with Crippen molar-refractivity contribution in [3.63, 3.8) is 0 Å². The molecule has 0 saturated carbocycles. The van der Waals surface area contributed by atoms with E-state index in [4.69, 9.17) is 4.74 Å². The molecule has 1 rings (SSSR count). The van der Waals surface area contributed by atoms with Crippen LogP contribution in [-0.2, 0) is 9.53 Å². The highest BCUT2D eigenvalue weighted by atomic mass is 16.5. The Hall–Kier alpha value is -1.09. The highest BCUT2D eigenvalue weighted by molar-refractivity contribution is 5.81. The second-order valence-corrected chi connectivity index (χ2v) is 3.20. The van der Waals surface area contributed by atoms with E-state index in [9.17, 15) is 4.79 Å². The van der Waals surface area contributed by atoms with Crippen LogP contribution in [0.15, 0.2) is 24.3 Å². The minimum Gasteiger partial charge on any atom is -0.463 e. The molecule has 1 aliphatic carbocycles. The minimum absolute atomic E-state index is 0.265. The van der Waals surface area contributed by atoms with Crippen molar-refractivity contribution in [1.82, 2.24) is 5.32 Å². The Kier molecular flexibility index (Phi) is 5.00. The van der Waals surface area contributed by atoms with Gasteiger partial charge in [-0.05, 0) is 19.8 Å². The zero-order valence-corrected chi connectivity index (χ0v) is 8.53. The Morgan fingerprint density at radius 3 is 2.93 bits per heavy atom. The molecule has 0 aromatic carbocycles. The molecule has 14 heavy (non-hydrogen) atoms. The molecule has 3 nitrogen and oxygen atoms in total. The second kappa shape index (κ2) is 6.38. The summed E-state index contributed by atoms with van der Waals surface area (Å²) >= 11 is 0. The second-order valence-electron chi connectivity index (χ2n) is 3.20. The first-order valence-electron chi connectivity index (χ1n) is 5.04. The van der Waals surface area contributed by atoms with Gasteiger partial charge < -0.3 is 10.1 Å². The summed E-state index contributed by atoms with van der Waals surface area (Å²) in [5.74, 6) is -0.265. The van der Waals surface area contributed by atoms with Crippen LogP contribution in [0.25, 0.3) is 0 Å². The van der Waals surface area contributed by atoms with Crippen molar-refractivity contribution >= 4 is 5.97 Å². The lowest BCUT2D eigenvalue weighted by Crippen LogP contribution is -2.26. The van der Waals surface area contributed by atoms with E-state index in [1.165, 1.54) is 6.08 Å². The van der Waals surface area contributed by atoms with Gasteiger partial charge >= 0.3 is 5.97 Å². The molecule has 1 N–H and O–H groups in total. The van der Waals surface area contributed by atoms with Crippen LogP contribution in [0.4, 0.5) is 0 Å². The van der Waals surface area contributed by atoms with Gasteiger partial charge in [-0.15, -0.1) is 0 Å². The van der Waals surface area contributed by atoms with Gasteiger partial charge in [0, 0.05) is 18.7 Å². The minimum atomic E-state index is -0.265. The number of hydrogen-bond acceptors (Lipinski definition) is 3. The van der Waals surface area contributed by atoms with Crippen molar-refractivity contribution in [2.45, 2.75) is 25.8 Å². The summed E-state index contributed by atoms with van der Waals surface area (Å²) in [5.41, 5.74) is 0. The molecule has 1 aliphatic rings. The Morgan fingerprint density at radius 1 is 1.57 bits per heavy atom. The van der Waals surface area contributed by atoms with Crippen LogP contribution >= 0.6 is 0 Å². The molecular weight excluding hydrogens is 178 g/mol. The molecule has 0 aromatic heterocycles. The lowest BCUT2D eigenvalue weighted by molar-refractivity contribution is -0.137. The van der Waals surface area contributed by atoms with Gasteiger partial charge in [-0.2, -0.15) is 0 Å². The van der Waals surface area contributed by atoms with Gasteiger partial charge in [-0.3, -0.25) is 0 Å². The predicted molar refractivity (Wildman–Crippen MR) is 55.9 cm³/mol. The van der Waals surface area contributed by atoms with Gasteiger partial charge in [0.2, 0.25) is 0 Å². The van der Waals surface area contributed by atoms with Crippen molar-refractivity contribution in [3.05, 3.63) is 24.3 Å². The smallest absolute Gasteiger partial charge is 0.330 e. The molecule has 0 spiro atoms. The van der Waals surface area contributed by atoms with E-state index in [2.05, 4.69) is 17.5 Å². The Bertz CT molecular complexity index is 225. The summed E-state index contributed by atoms with van der Waals surface area (Å²) in [4.78, 5) is 10.9. The monoisotopic (exact) mass is 195 g/mol. The van der Waals surface area contributed by atoms with Gasteiger partial charge in [0.1, 0.15) is 0 Å². The van der Waals surface area contributed by atoms with E-state index >= 15 is 0 Å². The maximum atomic E-state index is 10.9. The quantitative estimate of drug-likeness (QED) is 0.409. The molecule has 0 heterocycles. The maximum absolute atomic E-state index is 10.9. The third-order valence-electron chi connectivity index (χ3n) is 2.07. The van der Waals surface area contributed by atoms with Gasteiger partial charge in [0.25, 0.3) is 0 Å². The van der Waals surface area contributed by atoms with Crippen LogP contribution in [0.2, 0.25) is 0 Å². The molecule has 0 atom stereocenters. The van der Waals surface area contributed by atoms with Crippen LogP contribution in [0.3, 0.4) is 0 Å². The Morgan fingerprint density at radius 2 is 2.29 bits per heavy atom. The molecule has 0 bridgehead atoms. The average molecular weight is 195 g/mol. The highest BCUT2D eigenvalue weighted by Crippen LogP contribution is 2.08. The van der Waals surface area contributed by atoms with E-state index < -0.39 is 0 Å². The van der Waals surface area contributed by atoms with Gasteiger partial charge in [0.15, 0.2) is 0 Å². The van der Waals surface area contributed by atoms with Crippen LogP contribution in [0.1, 0.15) is 19.8 Å². The molecule has 0 aliphatic heterocycles.